The number of hydrogen-bond donors (Lipinski definition) is 0. The number of nitrogens with zero attached hydrogens (tertiary/aromatic N) is 1. The molecule has 5 heteroatoms. The van der Waals surface area contributed by atoms with E-state index in [9.17, 15) is 4.79 Å². The van der Waals surface area contributed by atoms with Crippen LogP contribution in [0.3, 0.4) is 0 Å². The van der Waals surface area contributed by atoms with Gasteiger partial charge in [0.15, 0.2) is 0 Å². The fourth-order valence-electron chi connectivity index (χ4n) is 2.08. The van der Waals surface area contributed by atoms with Crippen LogP contribution in [0.2, 0.25) is 5.02 Å². The topological polar surface area (TPSA) is 29.5 Å². The van der Waals surface area contributed by atoms with Crippen molar-refractivity contribution in [2.45, 2.75) is 27.0 Å². The Morgan fingerprint density at radius 3 is 2.33 bits per heavy atom. The summed E-state index contributed by atoms with van der Waals surface area (Å²) >= 11 is 12.2. The van der Waals surface area contributed by atoms with Gasteiger partial charge in [0, 0.05) is 10.9 Å². The summed E-state index contributed by atoms with van der Waals surface area (Å²) in [6.45, 7) is 4.17. The molecule has 3 nitrogen and oxygen atoms in total. The van der Waals surface area contributed by atoms with Crippen molar-refractivity contribution in [3.63, 3.8) is 0 Å². The summed E-state index contributed by atoms with van der Waals surface area (Å²) in [6, 6.07) is 17.1. The molecule has 0 saturated heterocycles. The normalized spacial score (nSPS) is 11.3. The van der Waals surface area contributed by atoms with Crippen molar-refractivity contribution >= 4 is 29.1 Å². The Morgan fingerprint density at radius 2 is 1.71 bits per heavy atom. The Kier molecular flexibility index (Phi) is 6.67. The molecule has 24 heavy (non-hydrogen) atoms. The number of benzene rings is 2. The fourth-order valence-corrected chi connectivity index (χ4v) is 2.39. The summed E-state index contributed by atoms with van der Waals surface area (Å²) in [6.07, 6.45) is 0. The molecule has 2 rings (SSSR count). The molecule has 128 valence electrons. The number of carbonyl (C=O) groups is 1. The van der Waals surface area contributed by atoms with E-state index in [0.717, 1.165) is 11.1 Å². The van der Waals surface area contributed by atoms with Gasteiger partial charge in [-0.3, -0.25) is 9.63 Å². The highest BCUT2D eigenvalue weighted by Gasteiger charge is 2.32. The Labute approximate surface area is 153 Å². The maximum absolute atomic E-state index is 12.8. The highest BCUT2D eigenvalue weighted by atomic mass is 35.5. The van der Waals surface area contributed by atoms with Crippen LogP contribution in [0.5, 0.6) is 0 Å². The third kappa shape index (κ3) is 4.97. The summed E-state index contributed by atoms with van der Waals surface area (Å²) in [4.78, 5) is 18.6. The maximum Gasteiger partial charge on any atom is 0.253 e. The number of carbonyl (C=O) groups excluding carboxylic acids is 1. The second kappa shape index (κ2) is 8.52. The lowest BCUT2D eigenvalue weighted by Gasteiger charge is -2.30. The molecule has 0 radical (unpaired) electrons. The number of hydrogen-bond acceptors (Lipinski definition) is 2. The Morgan fingerprint density at radius 1 is 1.08 bits per heavy atom. The first kappa shape index (κ1) is 18.8. The molecule has 2 aromatic rings. The highest BCUT2D eigenvalue weighted by Crippen LogP contribution is 2.25. The molecule has 0 aliphatic heterocycles. The van der Waals surface area contributed by atoms with E-state index in [1.807, 2.05) is 48.5 Å². The van der Waals surface area contributed by atoms with E-state index in [-0.39, 0.29) is 18.3 Å². The van der Waals surface area contributed by atoms with Gasteiger partial charge in [-0.25, -0.2) is 5.06 Å². The molecule has 2 aromatic carbocycles. The quantitative estimate of drug-likeness (QED) is 0.506. The molecule has 0 aromatic heterocycles. The zero-order valence-corrected chi connectivity index (χ0v) is 15.3. The summed E-state index contributed by atoms with van der Waals surface area (Å²) in [5.41, 5.74) is 1.09. The average molecular weight is 366 g/mol. The number of rotatable bonds is 7. The highest BCUT2D eigenvalue weighted by molar-refractivity contribution is 6.31. The Balaban J connectivity index is 2.18. The predicted octanol–water partition coefficient (Wildman–Crippen LogP) is 5.07. The molecule has 0 heterocycles. The summed E-state index contributed by atoms with van der Waals surface area (Å²) in [5, 5.41) is 1.96. The Hall–Kier alpha value is -1.55. The van der Waals surface area contributed by atoms with E-state index < -0.39 is 5.41 Å². The van der Waals surface area contributed by atoms with Gasteiger partial charge in [0.2, 0.25) is 0 Å². The smallest absolute Gasteiger partial charge is 0.253 e. The van der Waals surface area contributed by atoms with Crippen LogP contribution >= 0.6 is 23.2 Å². The molecule has 0 unspecified atom stereocenters. The third-order valence-corrected chi connectivity index (χ3v) is 4.68. The zero-order chi connectivity index (χ0) is 17.6. The van der Waals surface area contributed by atoms with Crippen LogP contribution in [0.1, 0.15) is 25.0 Å². The minimum atomic E-state index is -0.723. The zero-order valence-electron chi connectivity index (χ0n) is 13.8. The second-order valence-electron chi connectivity index (χ2n) is 6.21. The summed E-state index contributed by atoms with van der Waals surface area (Å²) in [7, 11) is 0. The molecule has 0 saturated carbocycles. The maximum atomic E-state index is 12.8. The van der Waals surface area contributed by atoms with Crippen molar-refractivity contribution < 1.29 is 9.63 Å². The van der Waals surface area contributed by atoms with E-state index >= 15 is 0 Å². The number of hydroxylamine groups is 2. The Bertz CT molecular complexity index is 674. The second-order valence-corrected chi connectivity index (χ2v) is 6.88. The van der Waals surface area contributed by atoms with Gasteiger partial charge in [-0.05, 0) is 31.0 Å². The van der Waals surface area contributed by atoms with E-state index in [0.29, 0.717) is 11.6 Å². The van der Waals surface area contributed by atoms with E-state index in [4.69, 9.17) is 28.0 Å². The summed E-state index contributed by atoms with van der Waals surface area (Å²) in [5.74, 6) is 0.0351. The average Bonchev–Trinajstić information content (AvgIpc) is 2.60. The van der Waals surface area contributed by atoms with Gasteiger partial charge in [-0.2, -0.15) is 0 Å². The minimum absolute atomic E-state index is 0.173. The molecule has 0 atom stereocenters. The number of amides is 1. The lowest BCUT2D eigenvalue weighted by atomic mass is 9.95. The first-order valence-corrected chi connectivity index (χ1v) is 8.63. The molecule has 0 aliphatic carbocycles. The van der Waals surface area contributed by atoms with Crippen molar-refractivity contribution in [1.29, 1.82) is 0 Å². The molecule has 0 bridgehead atoms. The van der Waals surface area contributed by atoms with Gasteiger partial charge in [-0.1, -0.05) is 60.1 Å². The van der Waals surface area contributed by atoms with Crippen molar-refractivity contribution in [2.24, 2.45) is 5.41 Å². The monoisotopic (exact) mass is 365 g/mol. The van der Waals surface area contributed by atoms with Crippen LogP contribution in [0.4, 0.5) is 0 Å². The molecular formula is C19H21Cl2NO2. The van der Waals surface area contributed by atoms with Gasteiger partial charge in [0.1, 0.15) is 6.61 Å². The summed E-state index contributed by atoms with van der Waals surface area (Å²) < 4.78 is 0. The van der Waals surface area contributed by atoms with Crippen LogP contribution in [0, 0.1) is 5.41 Å². The van der Waals surface area contributed by atoms with Gasteiger partial charge in [0.25, 0.3) is 5.91 Å². The molecule has 0 aliphatic rings. The van der Waals surface area contributed by atoms with Crippen LogP contribution in [-0.4, -0.2) is 16.9 Å². The van der Waals surface area contributed by atoms with Gasteiger partial charge in [0.05, 0.1) is 12.0 Å². The third-order valence-electron chi connectivity index (χ3n) is 3.64. The van der Waals surface area contributed by atoms with Crippen molar-refractivity contribution in [3.05, 3.63) is 70.7 Å². The van der Waals surface area contributed by atoms with Gasteiger partial charge in [-0.15, -0.1) is 11.6 Å². The molecular weight excluding hydrogens is 345 g/mol. The van der Waals surface area contributed by atoms with Gasteiger partial charge < -0.3 is 0 Å². The van der Waals surface area contributed by atoms with Gasteiger partial charge >= 0.3 is 0 Å². The largest absolute Gasteiger partial charge is 0.272 e. The molecule has 0 spiro atoms. The van der Waals surface area contributed by atoms with Crippen molar-refractivity contribution in [2.75, 3.05) is 5.88 Å². The number of halogens is 2. The van der Waals surface area contributed by atoms with E-state index in [1.165, 1.54) is 5.06 Å². The van der Waals surface area contributed by atoms with E-state index in [1.54, 1.807) is 19.9 Å². The first-order valence-electron chi connectivity index (χ1n) is 7.72. The van der Waals surface area contributed by atoms with Crippen molar-refractivity contribution in [1.82, 2.24) is 5.06 Å². The predicted molar refractivity (Wildman–Crippen MR) is 97.7 cm³/mol. The van der Waals surface area contributed by atoms with Crippen LogP contribution in [0.25, 0.3) is 0 Å². The fraction of sp³-hybridized carbons (Fsp3) is 0.316. The lowest BCUT2D eigenvalue weighted by Crippen LogP contribution is -2.41. The lowest BCUT2D eigenvalue weighted by molar-refractivity contribution is -0.203. The SMILES string of the molecule is CC(C)(CCl)C(=O)N(Cc1ccccc1Cl)OCc1ccccc1. The first-order chi connectivity index (χ1) is 11.4. The molecule has 1 amide bonds. The minimum Gasteiger partial charge on any atom is -0.272 e. The molecule has 0 fully saturated rings. The van der Waals surface area contributed by atoms with Crippen molar-refractivity contribution in [3.8, 4) is 0 Å². The van der Waals surface area contributed by atoms with E-state index in [2.05, 4.69) is 0 Å². The van der Waals surface area contributed by atoms with Crippen LogP contribution < -0.4 is 0 Å². The molecule has 0 N–H and O–H groups in total. The standard InChI is InChI=1S/C19H21Cl2NO2/c1-19(2,14-20)18(23)22(12-16-10-6-7-11-17(16)21)24-13-15-8-4-3-5-9-15/h3-11H,12-14H2,1-2H3. The van der Waals surface area contributed by atoms with Crippen LogP contribution in [-0.2, 0) is 22.8 Å². The van der Waals surface area contributed by atoms with Crippen LogP contribution in [0.15, 0.2) is 54.6 Å². The number of alkyl halides is 1.